The Labute approximate surface area is 128 Å². The Morgan fingerprint density at radius 3 is 2.24 bits per heavy atom. The molecule has 1 aromatic rings. The van der Waals surface area contributed by atoms with Gasteiger partial charge >= 0.3 is 0 Å². The number of aromatic nitrogens is 2. The van der Waals surface area contributed by atoms with Crippen LogP contribution in [0.1, 0.15) is 76.1 Å². The van der Waals surface area contributed by atoms with E-state index in [1.54, 1.807) is 12.4 Å². The van der Waals surface area contributed by atoms with Gasteiger partial charge in [-0.25, -0.2) is 9.97 Å². The molecule has 0 unspecified atom stereocenters. The third-order valence-corrected chi connectivity index (χ3v) is 4.79. The molecule has 1 saturated carbocycles. The maximum Gasteiger partial charge on any atom is 0.128 e. The van der Waals surface area contributed by atoms with Crippen molar-refractivity contribution < 1.29 is 0 Å². The minimum absolute atomic E-state index is 0.548. The number of hydrogen-bond donors (Lipinski definition) is 0. The highest BCUT2D eigenvalue weighted by atomic mass is 14.9. The fourth-order valence-electron chi connectivity index (χ4n) is 3.37. The van der Waals surface area contributed by atoms with Gasteiger partial charge in [0.2, 0.25) is 0 Å². The first-order valence-electron chi connectivity index (χ1n) is 8.52. The van der Waals surface area contributed by atoms with Crippen molar-refractivity contribution in [2.24, 2.45) is 11.8 Å². The van der Waals surface area contributed by atoms with Gasteiger partial charge < -0.3 is 0 Å². The first-order chi connectivity index (χ1) is 10.3. The van der Waals surface area contributed by atoms with E-state index >= 15 is 0 Å². The van der Waals surface area contributed by atoms with Gasteiger partial charge in [0, 0.05) is 18.8 Å². The predicted octanol–water partition coefficient (Wildman–Crippen LogP) is 4.67. The number of nitriles is 1. The Balaban J connectivity index is 1.65. The molecule has 0 aliphatic heterocycles. The molecule has 0 saturated heterocycles. The van der Waals surface area contributed by atoms with Crippen LogP contribution in [0.2, 0.25) is 0 Å². The summed E-state index contributed by atoms with van der Waals surface area (Å²) in [6.07, 6.45) is 16.6. The van der Waals surface area contributed by atoms with Crippen molar-refractivity contribution in [3.8, 4) is 6.07 Å². The smallest absolute Gasteiger partial charge is 0.128 e. The number of hydrogen-bond acceptors (Lipinski definition) is 3. The van der Waals surface area contributed by atoms with Crippen molar-refractivity contribution in [1.82, 2.24) is 9.97 Å². The van der Waals surface area contributed by atoms with Crippen LogP contribution in [0.15, 0.2) is 12.4 Å². The van der Waals surface area contributed by atoms with E-state index in [4.69, 9.17) is 5.26 Å². The Morgan fingerprint density at radius 2 is 1.67 bits per heavy atom. The summed E-state index contributed by atoms with van der Waals surface area (Å²) in [6.45, 7) is 2.28. The first-order valence-corrected chi connectivity index (χ1v) is 8.52. The van der Waals surface area contributed by atoms with Crippen molar-refractivity contribution in [2.45, 2.75) is 71.1 Å². The van der Waals surface area contributed by atoms with Gasteiger partial charge in [-0.1, -0.05) is 58.3 Å². The Hall–Kier alpha value is -1.43. The van der Waals surface area contributed by atoms with E-state index in [0.717, 1.165) is 24.1 Å². The molecule has 0 N–H and O–H groups in total. The SMILES string of the molecule is CCCCCC1CCC(CCc2ncc(C#N)cn2)CC1. The van der Waals surface area contributed by atoms with E-state index in [0.29, 0.717) is 5.56 Å². The molecule has 2 rings (SSSR count). The van der Waals surface area contributed by atoms with Gasteiger partial charge in [0.05, 0.1) is 5.56 Å². The molecule has 0 atom stereocenters. The third-order valence-electron chi connectivity index (χ3n) is 4.79. The number of rotatable bonds is 7. The molecule has 1 heterocycles. The lowest BCUT2D eigenvalue weighted by atomic mass is 9.78. The van der Waals surface area contributed by atoms with Gasteiger partial charge in [0.1, 0.15) is 11.9 Å². The summed E-state index contributed by atoms with van der Waals surface area (Å²) in [5.41, 5.74) is 0.548. The Bertz CT molecular complexity index is 439. The normalized spacial score (nSPS) is 21.9. The fourth-order valence-corrected chi connectivity index (χ4v) is 3.37. The van der Waals surface area contributed by atoms with Crippen LogP contribution in [0, 0.1) is 23.2 Å². The summed E-state index contributed by atoms with van der Waals surface area (Å²) in [6, 6.07) is 2.06. The molecule has 0 radical (unpaired) electrons. The van der Waals surface area contributed by atoms with Gasteiger partial charge in [-0.3, -0.25) is 0 Å². The van der Waals surface area contributed by atoms with E-state index < -0.39 is 0 Å². The summed E-state index contributed by atoms with van der Waals surface area (Å²) in [5.74, 6) is 2.73. The molecule has 1 aromatic heterocycles. The van der Waals surface area contributed by atoms with Crippen molar-refractivity contribution in [1.29, 1.82) is 5.26 Å². The number of aryl methyl sites for hydroxylation is 1. The van der Waals surface area contributed by atoms with E-state index in [1.165, 1.54) is 57.8 Å². The summed E-state index contributed by atoms with van der Waals surface area (Å²) in [5, 5.41) is 8.73. The second kappa shape index (κ2) is 8.77. The lowest BCUT2D eigenvalue weighted by Crippen LogP contribution is -2.15. The maximum atomic E-state index is 8.73. The largest absolute Gasteiger partial charge is 0.240 e. The van der Waals surface area contributed by atoms with Gasteiger partial charge in [-0.2, -0.15) is 5.26 Å². The van der Waals surface area contributed by atoms with Crippen LogP contribution in [-0.2, 0) is 6.42 Å². The van der Waals surface area contributed by atoms with Gasteiger partial charge in [-0.15, -0.1) is 0 Å². The van der Waals surface area contributed by atoms with Crippen molar-refractivity contribution in [3.63, 3.8) is 0 Å². The van der Waals surface area contributed by atoms with Crippen LogP contribution in [0.5, 0.6) is 0 Å². The second-order valence-electron chi connectivity index (χ2n) is 6.42. The zero-order valence-corrected chi connectivity index (χ0v) is 13.2. The second-order valence-corrected chi connectivity index (χ2v) is 6.42. The van der Waals surface area contributed by atoms with Crippen molar-refractivity contribution in [2.75, 3.05) is 0 Å². The Kier molecular flexibility index (Phi) is 6.66. The van der Waals surface area contributed by atoms with Gasteiger partial charge in [-0.05, 0) is 18.3 Å². The number of nitrogens with zero attached hydrogens (tertiary/aromatic N) is 3. The van der Waals surface area contributed by atoms with Gasteiger partial charge in [0.15, 0.2) is 0 Å². The van der Waals surface area contributed by atoms with E-state index in [-0.39, 0.29) is 0 Å². The quantitative estimate of drug-likeness (QED) is 0.684. The highest BCUT2D eigenvalue weighted by Gasteiger charge is 2.20. The third kappa shape index (κ3) is 5.46. The van der Waals surface area contributed by atoms with Crippen molar-refractivity contribution >= 4 is 0 Å². The lowest BCUT2D eigenvalue weighted by molar-refractivity contribution is 0.248. The van der Waals surface area contributed by atoms with Crippen LogP contribution >= 0.6 is 0 Å². The van der Waals surface area contributed by atoms with Crippen LogP contribution in [0.3, 0.4) is 0 Å². The molecular weight excluding hydrogens is 258 g/mol. The predicted molar refractivity (Wildman–Crippen MR) is 84.7 cm³/mol. The standard InChI is InChI=1S/C18H27N3/c1-2-3-4-5-15-6-8-16(9-7-15)10-11-18-20-13-17(12-19)14-21-18/h13-16H,2-11H2,1H3. The fraction of sp³-hybridized carbons (Fsp3) is 0.722. The minimum Gasteiger partial charge on any atom is -0.240 e. The van der Waals surface area contributed by atoms with Crippen LogP contribution in [-0.4, -0.2) is 9.97 Å². The molecule has 1 fully saturated rings. The monoisotopic (exact) mass is 285 g/mol. The van der Waals surface area contributed by atoms with Gasteiger partial charge in [0.25, 0.3) is 0 Å². The van der Waals surface area contributed by atoms with Crippen LogP contribution in [0.4, 0.5) is 0 Å². The van der Waals surface area contributed by atoms with Crippen LogP contribution in [0.25, 0.3) is 0 Å². The number of unbranched alkanes of at least 4 members (excludes halogenated alkanes) is 2. The summed E-state index contributed by atoms with van der Waals surface area (Å²) >= 11 is 0. The summed E-state index contributed by atoms with van der Waals surface area (Å²) in [4.78, 5) is 8.53. The average Bonchev–Trinajstić information content (AvgIpc) is 2.55. The molecule has 1 aliphatic rings. The molecule has 114 valence electrons. The minimum atomic E-state index is 0.548. The summed E-state index contributed by atoms with van der Waals surface area (Å²) in [7, 11) is 0. The maximum absolute atomic E-state index is 8.73. The molecule has 0 aromatic carbocycles. The zero-order chi connectivity index (χ0) is 14.9. The highest BCUT2D eigenvalue weighted by Crippen LogP contribution is 2.34. The molecule has 0 amide bonds. The topological polar surface area (TPSA) is 49.6 Å². The first kappa shape index (κ1) is 15.9. The average molecular weight is 285 g/mol. The van der Waals surface area contributed by atoms with Crippen molar-refractivity contribution in [3.05, 3.63) is 23.8 Å². The molecule has 3 nitrogen and oxygen atoms in total. The Morgan fingerprint density at radius 1 is 1.05 bits per heavy atom. The zero-order valence-electron chi connectivity index (χ0n) is 13.2. The summed E-state index contributed by atoms with van der Waals surface area (Å²) < 4.78 is 0. The molecule has 21 heavy (non-hydrogen) atoms. The molecular formula is C18H27N3. The molecule has 3 heteroatoms. The lowest BCUT2D eigenvalue weighted by Gasteiger charge is -2.28. The molecule has 0 spiro atoms. The molecule has 1 aliphatic carbocycles. The van der Waals surface area contributed by atoms with E-state index in [9.17, 15) is 0 Å². The van der Waals surface area contributed by atoms with Crippen LogP contribution < -0.4 is 0 Å². The highest BCUT2D eigenvalue weighted by molar-refractivity contribution is 5.21. The molecule has 0 bridgehead atoms. The van der Waals surface area contributed by atoms with E-state index in [2.05, 4.69) is 23.0 Å². The van der Waals surface area contributed by atoms with E-state index in [1.807, 2.05) is 0 Å².